The van der Waals surface area contributed by atoms with Gasteiger partial charge in [-0.1, -0.05) is 98.6 Å². The van der Waals surface area contributed by atoms with E-state index in [1.54, 1.807) is 0 Å². The fourth-order valence-corrected chi connectivity index (χ4v) is 6.54. The molecule has 1 unspecified atom stereocenters. The minimum Gasteiger partial charge on any atom is -0.310 e. The van der Waals surface area contributed by atoms with Crippen molar-refractivity contribution >= 4 is 46.7 Å². The zero-order valence-corrected chi connectivity index (χ0v) is 23.2. The third-order valence-corrected chi connectivity index (χ3v) is 8.61. The highest BCUT2D eigenvalue weighted by atomic mass is 15.1. The van der Waals surface area contributed by atoms with Gasteiger partial charge in [0.05, 0.1) is 5.69 Å². The highest BCUT2D eigenvalue weighted by Gasteiger charge is 2.40. The predicted molar refractivity (Wildman–Crippen MR) is 170 cm³/mol. The maximum absolute atomic E-state index is 6.70. The van der Waals surface area contributed by atoms with Crippen LogP contribution in [-0.4, -0.2) is 12.8 Å². The van der Waals surface area contributed by atoms with Gasteiger partial charge in [0.15, 0.2) is 0 Å². The van der Waals surface area contributed by atoms with Crippen molar-refractivity contribution in [2.75, 3.05) is 4.90 Å². The van der Waals surface area contributed by atoms with E-state index >= 15 is 0 Å². The molecule has 1 heterocycles. The number of allylic oxidation sites excluding steroid dienone is 4. The number of pyridine rings is 1. The highest BCUT2D eigenvalue weighted by molar-refractivity contribution is 6.33. The fraction of sp³-hybridized carbons (Fsp3) is 0.162. The zero-order valence-electron chi connectivity index (χ0n) is 23.2. The van der Waals surface area contributed by atoms with Crippen LogP contribution >= 0.6 is 0 Å². The lowest BCUT2D eigenvalue weighted by Gasteiger charge is -2.30. The molecule has 2 radical (unpaired) electrons. The van der Waals surface area contributed by atoms with Gasteiger partial charge in [-0.05, 0) is 76.4 Å². The van der Waals surface area contributed by atoms with Crippen LogP contribution in [0.25, 0.3) is 27.5 Å². The maximum atomic E-state index is 6.70. The van der Waals surface area contributed by atoms with E-state index in [1.165, 1.54) is 33.4 Å². The Bertz CT molecular complexity index is 1830. The first-order valence-electron chi connectivity index (χ1n) is 14.1. The largest absolute Gasteiger partial charge is 0.310 e. The molecule has 0 aliphatic heterocycles. The van der Waals surface area contributed by atoms with E-state index in [0.29, 0.717) is 5.92 Å². The summed E-state index contributed by atoms with van der Waals surface area (Å²) in [4.78, 5) is 6.72. The van der Waals surface area contributed by atoms with Crippen molar-refractivity contribution in [1.82, 2.24) is 4.98 Å². The van der Waals surface area contributed by atoms with Crippen molar-refractivity contribution in [3.8, 4) is 11.1 Å². The summed E-state index contributed by atoms with van der Waals surface area (Å²) >= 11 is 0. The zero-order chi connectivity index (χ0) is 27.4. The van der Waals surface area contributed by atoms with Crippen LogP contribution in [0.2, 0.25) is 0 Å². The monoisotopic (exact) mass is 514 g/mol. The van der Waals surface area contributed by atoms with Gasteiger partial charge in [-0.3, -0.25) is 4.98 Å². The number of hydrogen-bond acceptors (Lipinski definition) is 2. The molecule has 1 aromatic heterocycles. The lowest BCUT2D eigenvalue weighted by molar-refractivity contribution is 0.566. The minimum atomic E-state index is -0.0829. The number of hydrogen-bond donors (Lipinski definition) is 0. The molecule has 40 heavy (non-hydrogen) atoms. The van der Waals surface area contributed by atoms with E-state index in [-0.39, 0.29) is 5.41 Å². The van der Waals surface area contributed by atoms with Crippen LogP contribution in [0.1, 0.15) is 38.3 Å². The predicted octanol–water partition coefficient (Wildman–Crippen LogP) is 8.81. The van der Waals surface area contributed by atoms with Crippen LogP contribution in [-0.2, 0) is 5.41 Å². The molecule has 0 fully saturated rings. The van der Waals surface area contributed by atoms with E-state index < -0.39 is 0 Å². The second kappa shape index (κ2) is 9.38. The normalized spacial score (nSPS) is 17.1. The van der Waals surface area contributed by atoms with Crippen molar-refractivity contribution in [3.63, 3.8) is 0 Å². The highest BCUT2D eigenvalue weighted by Crippen LogP contribution is 2.55. The topological polar surface area (TPSA) is 16.1 Å². The van der Waals surface area contributed by atoms with E-state index in [9.17, 15) is 0 Å². The first-order chi connectivity index (χ1) is 19.4. The number of aromatic nitrogens is 1. The van der Waals surface area contributed by atoms with Gasteiger partial charge < -0.3 is 4.90 Å². The molecule has 0 saturated heterocycles. The molecule has 0 bridgehead atoms. The molecule has 0 spiro atoms. The third kappa shape index (κ3) is 4.00. The van der Waals surface area contributed by atoms with Gasteiger partial charge >= 0.3 is 0 Å². The minimum absolute atomic E-state index is 0.0829. The fourth-order valence-electron chi connectivity index (χ4n) is 6.54. The Labute approximate surface area is 238 Å². The molecule has 4 aromatic carbocycles. The molecule has 7 rings (SSSR count). The smallest absolute Gasteiger partial charge is 0.113 e. The van der Waals surface area contributed by atoms with Gasteiger partial charge in [-0.15, -0.1) is 0 Å². The molecule has 2 aliphatic rings. The number of anilines is 3. The van der Waals surface area contributed by atoms with Crippen LogP contribution in [0, 0.1) is 5.92 Å². The van der Waals surface area contributed by atoms with Crippen LogP contribution in [0.4, 0.5) is 17.1 Å². The lowest BCUT2D eigenvalue weighted by atomic mass is 9.75. The Balaban J connectivity index is 1.51. The number of fused-ring (bicyclic) bond motifs is 3. The Morgan fingerprint density at radius 1 is 0.825 bits per heavy atom. The summed E-state index contributed by atoms with van der Waals surface area (Å²) in [5.41, 5.74) is 11.8. The van der Waals surface area contributed by atoms with Crippen molar-refractivity contribution in [2.24, 2.45) is 5.92 Å². The summed E-state index contributed by atoms with van der Waals surface area (Å²) < 4.78 is 0. The summed E-state index contributed by atoms with van der Waals surface area (Å²) in [6.07, 6.45) is 9.55. The van der Waals surface area contributed by atoms with Gasteiger partial charge in [-0.25, -0.2) is 0 Å². The van der Waals surface area contributed by atoms with Gasteiger partial charge in [0.25, 0.3) is 0 Å². The second-order valence-electron chi connectivity index (χ2n) is 11.7. The van der Waals surface area contributed by atoms with Crippen LogP contribution in [0.3, 0.4) is 0 Å². The average molecular weight is 514 g/mol. The van der Waals surface area contributed by atoms with Crippen molar-refractivity contribution in [2.45, 2.75) is 32.6 Å². The Morgan fingerprint density at radius 2 is 1.62 bits per heavy atom. The summed E-state index contributed by atoms with van der Waals surface area (Å²) in [7, 11) is 6.70. The van der Waals surface area contributed by atoms with Gasteiger partial charge in [0.1, 0.15) is 7.85 Å². The lowest BCUT2D eigenvalue weighted by Crippen LogP contribution is -2.22. The molecule has 2 aliphatic carbocycles. The molecule has 5 aromatic rings. The van der Waals surface area contributed by atoms with Crippen LogP contribution in [0.15, 0.2) is 121 Å². The van der Waals surface area contributed by atoms with Gasteiger partial charge in [0, 0.05) is 40.1 Å². The Hall–Kier alpha value is -4.37. The molecule has 1 atom stereocenters. The standard InChI is InChI=1S/C37H31BN2/c1-24-12-15-32-33(18-24)37(2,3)34-21-29(38)22-35(36(32)34)40(31-14-13-28-23-39-17-16-27(28)20-31)30-11-7-10-26(19-30)25-8-5-4-6-9-25/h4-17,19-24H,18H2,1-3H3. The van der Waals surface area contributed by atoms with E-state index in [4.69, 9.17) is 7.85 Å². The van der Waals surface area contributed by atoms with E-state index in [2.05, 4.69) is 134 Å². The first kappa shape index (κ1) is 24.7. The van der Waals surface area contributed by atoms with Crippen molar-refractivity contribution in [1.29, 1.82) is 0 Å². The quantitative estimate of drug-likeness (QED) is 0.223. The average Bonchev–Trinajstić information content (AvgIpc) is 3.19. The summed E-state index contributed by atoms with van der Waals surface area (Å²) in [6, 6.07) is 32.4. The van der Waals surface area contributed by atoms with Crippen molar-refractivity contribution < 1.29 is 0 Å². The SMILES string of the molecule is [B]c1cc(N(c2cccc(-c3ccccc3)c2)c2ccc3cnccc3c2)c2c(c1)C(C)(C)C1=C2C=CC(C)C1. The van der Waals surface area contributed by atoms with Gasteiger partial charge in [0.2, 0.25) is 0 Å². The molecular weight excluding hydrogens is 483 g/mol. The third-order valence-electron chi connectivity index (χ3n) is 8.61. The van der Waals surface area contributed by atoms with Crippen molar-refractivity contribution in [3.05, 3.63) is 132 Å². The van der Waals surface area contributed by atoms with E-state index in [1.807, 2.05) is 12.4 Å². The molecule has 3 heteroatoms. The molecule has 2 nitrogen and oxygen atoms in total. The first-order valence-corrected chi connectivity index (χ1v) is 14.1. The van der Waals surface area contributed by atoms with Crippen LogP contribution < -0.4 is 10.4 Å². The summed E-state index contributed by atoms with van der Waals surface area (Å²) in [5, 5.41) is 2.28. The molecule has 192 valence electrons. The molecule has 0 amide bonds. The number of nitrogens with zero attached hydrogens (tertiary/aromatic N) is 2. The summed E-state index contributed by atoms with van der Waals surface area (Å²) in [6.45, 7) is 7.01. The molecular formula is C37H31BN2. The van der Waals surface area contributed by atoms with Gasteiger partial charge in [-0.2, -0.15) is 0 Å². The number of benzene rings is 4. The molecule has 0 saturated carbocycles. The Kier molecular flexibility index (Phi) is 5.78. The van der Waals surface area contributed by atoms with Crippen LogP contribution in [0.5, 0.6) is 0 Å². The number of rotatable bonds is 4. The Morgan fingerprint density at radius 3 is 2.48 bits per heavy atom. The molecule has 0 N–H and O–H groups in total. The maximum Gasteiger partial charge on any atom is 0.113 e. The second-order valence-corrected chi connectivity index (χ2v) is 11.7. The van der Waals surface area contributed by atoms with E-state index in [0.717, 1.165) is 39.7 Å². The summed E-state index contributed by atoms with van der Waals surface area (Å²) in [5.74, 6) is 0.529.